The summed E-state index contributed by atoms with van der Waals surface area (Å²) in [6.45, 7) is 4.93. The summed E-state index contributed by atoms with van der Waals surface area (Å²) in [6, 6.07) is 3.32. The van der Waals surface area contributed by atoms with Gasteiger partial charge in [-0.15, -0.1) is 0 Å². The van der Waals surface area contributed by atoms with E-state index in [1.807, 2.05) is 19.1 Å². The number of hydrogen-bond acceptors (Lipinski definition) is 6. The molecular weight excluding hydrogens is 420 g/mol. The van der Waals surface area contributed by atoms with Crippen LogP contribution in [-0.2, 0) is 14.8 Å². The van der Waals surface area contributed by atoms with Crippen LogP contribution >= 0.6 is 22.9 Å². The molecule has 2 aliphatic rings. The minimum atomic E-state index is -3.36. The van der Waals surface area contributed by atoms with Gasteiger partial charge in [0.05, 0.1) is 21.5 Å². The Balaban J connectivity index is 1.46. The van der Waals surface area contributed by atoms with E-state index in [0.29, 0.717) is 44.2 Å². The van der Waals surface area contributed by atoms with E-state index >= 15 is 0 Å². The number of hydrogen-bond donors (Lipinski definition) is 0. The predicted octanol–water partition coefficient (Wildman–Crippen LogP) is 2.33. The molecule has 1 aromatic heterocycles. The normalized spacial score (nSPS) is 21.6. The zero-order chi connectivity index (χ0) is 20.1. The fraction of sp³-hybridized carbons (Fsp3) is 0.556. The van der Waals surface area contributed by atoms with Crippen molar-refractivity contribution in [1.82, 2.24) is 14.2 Å². The Morgan fingerprint density at radius 1 is 1.21 bits per heavy atom. The molecule has 0 radical (unpaired) electrons. The van der Waals surface area contributed by atoms with Gasteiger partial charge in [0.25, 0.3) is 0 Å². The Bertz CT molecular complexity index is 976. The number of rotatable bonds is 3. The summed E-state index contributed by atoms with van der Waals surface area (Å²) in [5, 5.41) is 1.62. The van der Waals surface area contributed by atoms with Gasteiger partial charge in [-0.2, -0.15) is 4.31 Å². The Morgan fingerprint density at radius 2 is 1.93 bits per heavy atom. The number of thiazole rings is 1. The van der Waals surface area contributed by atoms with Gasteiger partial charge in [-0.25, -0.2) is 13.4 Å². The summed E-state index contributed by atoms with van der Waals surface area (Å²) < 4.78 is 26.2. The Kier molecular flexibility index (Phi) is 5.28. The maximum Gasteiger partial charge on any atom is 0.241 e. The number of aromatic nitrogens is 1. The second-order valence-electron chi connectivity index (χ2n) is 7.38. The number of anilines is 1. The lowest BCUT2D eigenvalue weighted by Crippen LogP contribution is -2.54. The number of benzene rings is 1. The van der Waals surface area contributed by atoms with E-state index in [0.717, 1.165) is 27.3 Å². The van der Waals surface area contributed by atoms with Crippen LogP contribution < -0.4 is 4.90 Å². The molecule has 2 saturated heterocycles. The molecule has 28 heavy (non-hydrogen) atoms. The number of sulfonamides is 1. The lowest BCUT2D eigenvalue weighted by molar-refractivity contribution is -0.134. The maximum atomic E-state index is 12.9. The monoisotopic (exact) mass is 442 g/mol. The molecule has 4 rings (SSSR count). The highest BCUT2D eigenvalue weighted by Crippen LogP contribution is 2.36. The molecule has 0 bridgehead atoms. The fourth-order valence-electron chi connectivity index (χ4n) is 3.94. The topological polar surface area (TPSA) is 73.8 Å². The minimum Gasteiger partial charge on any atom is -0.345 e. The second kappa shape index (κ2) is 7.44. The Morgan fingerprint density at radius 3 is 2.57 bits per heavy atom. The number of fused-ring (bicyclic) bond motifs is 1. The maximum absolute atomic E-state index is 12.9. The van der Waals surface area contributed by atoms with Crippen LogP contribution in [0.25, 0.3) is 10.2 Å². The van der Waals surface area contributed by atoms with E-state index < -0.39 is 16.1 Å². The summed E-state index contributed by atoms with van der Waals surface area (Å²) in [4.78, 5) is 21.6. The van der Waals surface area contributed by atoms with Gasteiger partial charge in [0, 0.05) is 32.7 Å². The average molecular weight is 443 g/mol. The smallest absolute Gasteiger partial charge is 0.241 e. The minimum absolute atomic E-state index is 0.0780. The van der Waals surface area contributed by atoms with Crippen molar-refractivity contribution < 1.29 is 13.2 Å². The van der Waals surface area contributed by atoms with Crippen molar-refractivity contribution in [3.05, 3.63) is 22.7 Å². The van der Waals surface area contributed by atoms with Crippen LogP contribution in [0.1, 0.15) is 18.4 Å². The van der Waals surface area contributed by atoms with Gasteiger partial charge in [0.15, 0.2) is 5.13 Å². The molecule has 1 amide bonds. The first kappa shape index (κ1) is 19.9. The molecular formula is C18H23ClN4O3S2. The molecule has 0 saturated carbocycles. The highest BCUT2D eigenvalue weighted by Gasteiger charge is 2.39. The summed E-state index contributed by atoms with van der Waals surface area (Å²) in [5.74, 6) is -0.0780. The van der Waals surface area contributed by atoms with Crippen LogP contribution in [0.15, 0.2) is 12.1 Å². The van der Waals surface area contributed by atoms with Crippen LogP contribution in [0, 0.1) is 6.92 Å². The number of amides is 1. The second-order valence-corrected chi connectivity index (χ2v) is 10.7. The van der Waals surface area contributed by atoms with Crippen LogP contribution in [0.3, 0.4) is 0 Å². The zero-order valence-electron chi connectivity index (χ0n) is 15.9. The first-order valence-electron chi connectivity index (χ1n) is 9.32. The van der Waals surface area contributed by atoms with Crippen molar-refractivity contribution in [3.63, 3.8) is 0 Å². The number of carbonyl (C=O) groups is 1. The molecule has 2 aliphatic heterocycles. The summed E-state index contributed by atoms with van der Waals surface area (Å²) in [5.41, 5.74) is 2.03. The number of carbonyl (C=O) groups excluding carboxylic acids is 1. The third-order valence-corrected chi connectivity index (χ3v) is 8.33. The van der Waals surface area contributed by atoms with Crippen molar-refractivity contribution in [2.75, 3.05) is 43.9 Å². The largest absolute Gasteiger partial charge is 0.345 e. The van der Waals surface area contributed by atoms with Crippen LogP contribution in [0.5, 0.6) is 0 Å². The molecule has 2 aromatic rings. The zero-order valence-corrected chi connectivity index (χ0v) is 18.3. The number of nitrogens with zero attached hydrogens (tertiary/aromatic N) is 4. The van der Waals surface area contributed by atoms with E-state index in [-0.39, 0.29) is 5.91 Å². The van der Waals surface area contributed by atoms with Crippen molar-refractivity contribution in [3.8, 4) is 0 Å². The van der Waals surface area contributed by atoms with Crippen molar-refractivity contribution in [1.29, 1.82) is 0 Å². The Hall–Kier alpha value is -1.42. The standard InChI is InChI=1S/C18H23ClN4O3S2/c1-12-5-6-13(19)16-15(12)20-18(27-16)22-10-8-21(9-11-22)17(24)14-4-3-7-23(14)28(2,25)26/h5-6,14H,3-4,7-11H2,1-2H3/t14-/m0/s1. The molecule has 0 aliphatic carbocycles. The average Bonchev–Trinajstić information content (AvgIpc) is 3.32. The molecule has 0 spiro atoms. The quantitative estimate of drug-likeness (QED) is 0.729. The van der Waals surface area contributed by atoms with Gasteiger partial charge >= 0.3 is 0 Å². The summed E-state index contributed by atoms with van der Waals surface area (Å²) in [7, 11) is -3.36. The number of piperazine rings is 1. The first-order chi connectivity index (χ1) is 13.3. The molecule has 152 valence electrons. The van der Waals surface area contributed by atoms with Crippen molar-refractivity contribution >= 4 is 54.2 Å². The summed E-state index contributed by atoms with van der Waals surface area (Å²) >= 11 is 7.89. The number of aryl methyl sites for hydroxylation is 1. The third kappa shape index (κ3) is 3.60. The van der Waals surface area contributed by atoms with Gasteiger partial charge in [-0.1, -0.05) is 29.0 Å². The van der Waals surface area contributed by atoms with Gasteiger partial charge in [-0.3, -0.25) is 4.79 Å². The Labute approximate surface area is 173 Å². The van der Waals surface area contributed by atoms with Gasteiger partial charge < -0.3 is 9.80 Å². The van der Waals surface area contributed by atoms with Gasteiger partial charge in [-0.05, 0) is 31.4 Å². The highest BCUT2D eigenvalue weighted by molar-refractivity contribution is 7.88. The first-order valence-corrected chi connectivity index (χ1v) is 12.4. The molecule has 1 atom stereocenters. The third-order valence-electron chi connectivity index (χ3n) is 5.46. The fourth-order valence-corrected chi connectivity index (χ4v) is 6.43. The molecule has 0 unspecified atom stereocenters. The van der Waals surface area contributed by atoms with Crippen molar-refractivity contribution in [2.45, 2.75) is 25.8 Å². The van der Waals surface area contributed by atoms with Gasteiger partial charge in [0.1, 0.15) is 6.04 Å². The van der Waals surface area contributed by atoms with Crippen LogP contribution in [0.2, 0.25) is 5.02 Å². The van der Waals surface area contributed by atoms with E-state index in [9.17, 15) is 13.2 Å². The molecule has 1 aromatic carbocycles. The SMILES string of the molecule is Cc1ccc(Cl)c2sc(N3CCN(C(=O)[C@@H]4CCCN4S(C)(=O)=O)CC3)nc12. The molecule has 2 fully saturated rings. The van der Waals surface area contributed by atoms with E-state index in [4.69, 9.17) is 16.6 Å². The highest BCUT2D eigenvalue weighted by atomic mass is 35.5. The predicted molar refractivity (Wildman–Crippen MR) is 113 cm³/mol. The molecule has 3 heterocycles. The van der Waals surface area contributed by atoms with Crippen LogP contribution in [0.4, 0.5) is 5.13 Å². The van der Waals surface area contributed by atoms with Crippen LogP contribution in [-0.4, -0.2) is 73.5 Å². The molecule has 10 heteroatoms. The molecule has 7 nitrogen and oxygen atoms in total. The number of halogens is 1. The van der Waals surface area contributed by atoms with E-state index in [1.54, 1.807) is 16.2 Å². The lowest BCUT2D eigenvalue weighted by Gasteiger charge is -2.36. The van der Waals surface area contributed by atoms with Gasteiger partial charge in [0.2, 0.25) is 15.9 Å². The molecule has 0 N–H and O–H groups in total. The van der Waals surface area contributed by atoms with E-state index in [2.05, 4.69) is 4.90 Å². The summed E-state index contributed by atoms with van der Waals surface area (Å²) in [6.07, 6.45) is 2.51. The lowest BCUT2D eigenvalue weighted by atomic mass is 10.2. The van der Waals surface area contributed by atoms with Crippen molar-refractivity contribution in [2.24, 2.45) is 0 Å². The van der Waals surface area contributed by atoms with E-state index in [1.165, 1.54) is 10.6 Å².